The summed E-state index contributed by atoms with van der Waals surface area (Å²) in [4.78, 5) is 18.8. The number of aromatic nitrogens is 1. The van der Waals surface area contributed by atoms with E-state index in [2.05, 4.69) is 10.3 Å². The van der Waals surface area contributed by atoms with Crippen molar-refractivity contribution in [2.45, 2.75) is 34.1 Å². The number of rotatable bonds is 7. The van der Waals surface area contributed by atoms with Crippen LogP contribution in [-0.4, -0.2) is 36.3 Å². The molecule has 0 radical (unpaired) electrons. The van der Waals surface area contributed by atoms with E-state index < -0.39 is 0 Å². The molecular formula is C20H26ClN3O3. The number of ether oxygens (including phenoxy) is 1. The summed E-state index contributed by atoms with van der Waals surface area (Å²) in [6.45, 7) is 8.01. The summed E-state index contributed by atoms with van der Waals surface area (Å²) in [6, 6.07) is 5.39. The molecule has 0 fully saturated rings. The van der Waals surface area contributed by atoms with Crippen LogP contribution in [0.5, 0.6) is 11.6 Å². The monoisotopic (exact) mass is 391 g/mol. The third-order valence-corrected chi connectivity index (χ3v) is 4.39. The predicted octanol–water partition coefficient (Wildman–Crippen LogP) is 3.98. The van der Waals surface area contributed by atoms with Gasteiger partial charge in [0.2, 0.25) is 5.88 Å². The topological polar surface area (TPSA) is 74.7 Å². The van der Waals surface area contributed by atoms with Gasteiger partial charge >= 0.3 is 0 Å². The van der Waals surface area contributed by atoms with Crippen LogP contribution in [0.4, 0.5) is 5.69 Å². The molecule has 0 aliphatic rings. The first-order valence-electron chi connectivity index (χ1n) is 8.86. The molecule has 0 atom stereocenters. The molecule has 2 N–H and O–H groups in total. The molecule has 0 saturated carbocycles. The largest absolute Gasteiger partial charge is 0.438 e. The summed E-state index contributed by atoms with van der Waals surface area (Å²) in [5, 5.41) is 13.1. The first-order chi connectivity index (χ1) is 12.8. The lowest BCUT2D eigenvalue weighted by Gasteiger charge is -2.25. The lowest BCUT2D eigenvalue weighted by molar-refractivity contribution is 0.0960. The van der Waals surface area contributed by atoms with E-state index in [4.69, 9.17) is 16.3 Å². The van der Waals surface area contributed by atoms with Crippen molar-refractivity contribution < 1.29 is 14.6 Å². The van der Waals surface area contributed by atoms with E-state index in [0.717, 1.165) is 17.5 Å². The first-order valence-corrected chi connectivity index (χ1v) is 9.24. The molecule has 6 nitrogen and oxygen atoms in total. The Morgan fingerprint density at radius 3 is 2.41 bits per heavy atom. The SMILES string of the molecule is CCCN(CO)c1cc(C)nc(Oc2c(C)cc(Cl)cc2C)c1C(=O)NC. The molecule has 0 saturated heterocycles. The van der Waals surface area contributed by atoms with Gasteiger partial charge in [0, 0.05) is 24.3 Å². The number of aryl methyl sites for hydroxylation is 3. The van der Waals surface area contributed by atoms with Gasteiger partial charge in [-0.1, -0.05) is 18.5 Å². The van der Waals surface area contributed by atoms with Crippen molar-refractivity contribution >= 4 is 23.2 Å². The van der Waals surface area contributed by atoms with Gasteiger partial charge in [0.25, 0.3) is 5.91 Å². The minimum Gasteiger partial charge on any atom is -0.438 e. The number of aliphatic hydroxyl groups is 1. The maximum Gasteiger partial charge on any atom is 0.258 e. The van der Waals surface area contributed by atoms with Crippen LogP contribution in [0.15, 0.2) is 18.2 Å². The van der Waals surface area contributed by atoms with Crippen LogP contribution in [0.25, 0.3) is 0 Å². The van der Waals surface area contributed by atoms with E-state index in [1.165, 1.54) is 0 Å². The summed E-state index contributed by atoms with van der Waals surface area (Å²) in [6.07, 6.45) is 0.820. The average Bonchev–Trinajstić information content (AvgIpc) is 2.61. The molecule has 7 heteroatoms. The quantitative estimate of drug-likeness (QED) is 0.698. The minimum absolute atomic E-state index is 0.201. The predicted molar refractivity (Wildman–Crippen MR) is 108 cm³/mol. The van der Waals surface area contributed by atoms with Crippen LogP contribution >= 0.6 is 11.6 Å². The fourth-order valence-corrected chi connectivity index (χ4v) is 3.31. The van der Waals surface area contributed by atoms with Crippen molar-refractivity contribution in [1.29, 1.82) is 0 Å². The highest BCUT2D eigenvalue weighted by Crippen LogP contribution is 2.35. The third-order valence-electron chi connectivity index (χ3n) is 4.18. The van der Waals surface area contributed by atoms with Crippen LogP contribution in [0.1, 0.15) is 40.5 Å². The Morgan fingerprint density at radius 1 is 1.26 bits per heavy atom. The molecule has 0 unspecified atom stereocenters. The number of pyridine rings is 1. The van der Waals surface area contributed by atoms with Gasteiger partial charge in [0.1, 0.15) is 18.0 Å². The summed E-state index contributed by atoms with van der Waals surface area (Å²) in [5.74, 6) is 0.485. The number of hydrogen-bond acceptors (Lipinski definition) is 5. The van der Waals surface area contributed by atoms with Crippen molar-refractivity contribution in [2.24, 2.45) is 0 Å². The molecule has 2 aromatic rings. The zero-order chi connectivity index (χ0) is 20.1. The average molecular weight is 392 g/mol. The number of aliphatic hydroxyl groups excluding tert-OH is 1. The summed E-state index contributed by atoms with van der Waals surface area (Å²) in [7, 11) is 1.55. The van der Waals surface area contributed by atoms with Crippen molar-refractivity contribution in [3.05, 3.63) is 45.6 Å². The maximum atomic E-state index is 12.6. The number of benzene rings is 1. The van der Waals surface area contributed by atoms with Gasteiger partial charge in [-0.2, -0.15) is 0 Å². The second-order valence-corrected chi connectivity index (χ2v) is 6.85. The number of carbonyl (C=O) groups excluding carboxylic acids is 1. The molecule has 0 aliphatic heterocycles. The van der Waals surface area contributed by atoms with Crippen LogP contribution in [0.3, 0.4) is 0 Å². The fourth-order valence-electron chi connectivity index (χ4n) is 2.98. The molecule has 1 aromatic carbocycles. The number of halogens is 1. The highest BCUT2D eigenvalue weighted by Gasteiger charge is 2.24. The molecule has 1 aromatic heterocycles. The van der Waals surface area contributed by atoms with E-state index in [-0.39, 0.29) is 18.5 Å². The summed E-state index contributed by atoms with van der Waals surface area (Å²) >= 11 is 6.11. The Balaban J connectivity index is 2.65. The van der Waals surface area contributed by atoms with Gasteiger partial charge in [0.05, 0.1) is 5.69 Å². The Kier molecular flexibility index (Phi) is 7.05. The summed E-state index contributed by atoms with van der Waals surface area (Å²) < 4.78 is 6.10. The van der Waals surface area contributed by atoms with Crippen molar-refractivity contribution in [3.63, 3.8) is 0 Å². The minimum atomic E-state index is -0.327. The smallest absolute Gasteiger partial charge is 0.258 e. The zero-order valence-corrected chi connectivity index (χ0v) is 17.1. The molecule has 0 spiro atoms. The molecule has 146 valence electrons. The van der Waals surface area contributed by atoms with Crippen molar-refractivity contribution in [2.75, 3.05) is 25.2 Å². The number of hydrogen-bond donors (Lipinski definition) is 2. The Labute approximate surface area is 165 Å². The van der Waals surface area contributed by atoms with Crippen LogP contribution < -0.4 is 15.0 Å². The maximum absolute atomic E-state index is 12.6. The van der Waals surface area contributed by atoms with Crippen LogP contribution in [-0.2, 0) is 0 Å². The number of carbonyl (C=O) groups is 1. The lowest BCUT2D eigenvalue weighted by Crippen LogP contribution is -2.30. The Morgan fingerprint density at radius 2 is 1.89 bits per heavy atom. The van der Waals surface area contributed by atoms with Crippen molar-refractivity contribution in [3.8, 4) is 11.6 Å². The van der Waals surface area contributed by atoms with E-state index in [9.17, 15) is 9.90 Å². The molecular weight excluding hydrogens is 366 g/mol. The van der Waals surface area contributed by atoms with E-state index in [1.807, 2.05) is 27.7 Å². The van der Waals surface area contributed by atoms with Gasteiger partial charge in [-0.15, -0.1) is 0 Å². The molecule has 0 aliphatic carbocycles. The standard InChI is InChI=1S/C20H26ClN3O3/c1-6-7-24(11-25)16-10-14(4)23-20(17(16)19(26)22-5)27-18-12(2)8-15(21)9-13(18)3/h8-10,25H,6-7,11H2,1-5H3,(H,22,26). The first kappa shape index (κ1) is 21.0. The van der Waals surface area contributed by atoms with E-state index in [0.29, 0.717) is 34.3 Å². The van der Waals surface area contributed by atoms with Gasteiger partial charge in [-0.3, -0.25) is 4.79 Å². The highest BCUT2D eigenvalue weighted by molar-refractivity contribution is 6.30. The highest BCUT2D eigenvalue weighted by atomic mass is 35.5. The molecule has 0 bridgehead atoms. The normalized spacial score (nSPS) is 10.6. The lowest BCUT2D eigenvalue weighted by atomic mass is 10.1. The van der Waals surface area contributed by atoms with Crippen LogP contribution in [0, 0.1) is 20.8 Å². The van der Waals surface area contributed by atoms with Gasteiger partial charge in [-0.05, 0) is 56.5 Å². The summed E-state index contributed by atoms with van der Waals surface area (Å²) in [5.41, 5.74) is 3.26. The third kappa shape index (κ3) is 4.70. The zero-order valence-electron chi connectivity index (χ0n) is 16.4. The van der Waals surface area contributed by atoms with E-state index >= 15 is 0 Å². The van der Waals surface area contributed by atoms with Gasteiger partial charge < -0.3 is 20.1 Å². The number of amides is 1. The molecule has 27 heavy (non-hydrogen) atoms. The molecule has 1 amide bonds. The van der Waals surface area contributed by atoms with Crippen LogP contribution in [0.2, 0.25) is 5.02 Å². The molecule has 2 rings (SSSR count). The second kappa shape index (κ2) is 9.06. The van der Waals surface area contributed by atoms with Crippen molar-refractivity contribution in [1.82, 2.24) is 10.3 Å². The Hall–Kier alpha value is -2.31. The van der Waals surface area contributed by atoms with Gasteiger partial charge in [-0.25, -0.2) is 4.98 Å². The Bertz CT molecular complexity index is 816. The second-order valence-electron chi connectivity index (χ2n) is 6.42. The van der Waals surface area contributed by atoms with Gasteiger partial charge in [0.15, 0.2) is 0 Å². The number of nitrogens with zero attached hydrogens (tertiary/aromatic N) is 2. The molecule has 1 heterocycles. The number of anilines is 1. The number of nitrogens with one attached hydrogen (secondary N) is 1. The van der Waals surface area contributed by atoms with E-state index in [1.54, 1.807) is 30.1 Å². The fraction of sp³-hybridized carbons (Fsp3) is 0.400.